The summed E-state index contributed by atoms with van der Waals surface area (Å²) in [6.45, 7) is 0. The van der Waals surface area contributed by atoms with Crippen LogP contribution in [0.15, 0.2) is 30.6 Å². The highest BCUT2D eigenvalue weighted by atomic mass is 32.1. The van der Waals surface area contributed by atoms with Gasteiger partial charge in [0.05, 0.1) is 0 Å². The molecule has 0 unspecified atom stereocenters. The maximum absolute atomic E-state index is 4.21. The summed E-state index contributed by atoms with van der Waals surface area (Å²) in [5.41, 5.74) is 2.15. The van der Waals surface area contributed by atoms with Crippen LogP contribution < -0.4 is 0 Å². The molecule has 2 rings (SSSR count). The molecule has 0 atom stereocenters. The number of nitrogens with zero attached hydrogens (tertiary/aromatic N) is 2. The molecular weight excluding hydrogens is 156 g/mol. The van der Waals surface area contributed by atoms with E-state index in [1.54, 1.807) is 6.20 Å². The molecule has 2 aromatic rings. The number of rotatable bonds is 1. The first kappa shape index (κ1) is 6.73. The summed E-state index contributed by atoms with van der Waals surface area (Å²) in [6.07, 6.45) is 3.74. The van der Waals surface area contributed by atoms with Crippen LogP contribution >= 0.6 is 12.6 Å². The topological polar surface area (TPSA) is 17.3 Å². The molecule has 3 heteroatoms. The van der Waals surface area contributed by atoms with Gasteiger partial charge < -0.3 is 4.40 Å². The molecule has 0 radical (unpaired) electrons. The number of thiol groups is 1. The fourth-order valence-corrected chi connectivity index (χ4v) is 1.39. The van der Waals surface area contributed by atoms with Crippen LogP contribution in [0.3, 0.4) is 0 Å². The zero-order valence-electron chi connectivity index (χ0n) is 5.94. The molecule has 0 saturated heterocycles. The predicted molar refractivity (Wildman–Crippen MR) is 47.9 cm³/mol. The Morgan fingerprint density at radius 1 is 1.45 bits per heavy atom. The largest absolute Gasteiger partial charge is 0.303 e. The molecule has 0 aliphatic carbocycles. The zero-order valence-corrected chi connectivity index (χ0v) is 6.83. The Morgan fingerprint density at radius 2 is 2.36 bits per heavy atom. The van der Waals surface area contributed by atoms with Gasteiger partial charge in [0.25, 0.3) is 0 Å². The van der Waals surface area contributed by atoms with E-state index in [9.17, 15) is 0 Å². The molecule has 0 aliphatic rings. The van der Waals surface area contributed by atoms with Gasteiger partial charge in [-0.25, -0.2) is 4.98 Å². The van der Waals surface area contributed by atoms with Crippen molar-refractivity contribution in [1.82, 2.24) is 9.38 Å². The average Bonchev–Trinajstić information content (AvgIpc) is 2.50. The van der Waals surface area contributed by atoms with Crippen LogP contribution in [0.25, 0.3) is 5.65 Å². The van der Waals surface area contributed by atoms with Gasteiger partial charge in [0.1, 0.15) is 5.65 Å². The SMILES string of the molecule is SCc1cccc2nccn12. The lowest BCUT2D eigenvalue weighted by Crippen LogP contribution is -1.90. The molecule has 0 aromatic carbocycles. The maximum atomic E-state index is 4.21. The molecule has 0 fully saturated rings. The monoisotopic (exact) mass is 164 g/mol. The van der Waals surface area contributed by atoms with Crippen molar-refractivity contribution in [2.45, 2.75) is 5.75 Å². The Kier molecular flexibility index (Phi) is 1.58. The van der Waals surface area contributed by atoms with E-state index in [-0.39, 0.29) is 0 Å². The van der Waals surface area contributed by atoms with Gasteiger partial charge in [-0.2, -0.15) is 12.6 Å². The molecule has 2 nitrogen and oxygen atoms in total. The van der Waals surface area contributed by atoms with Gasteiger partial charge >= 0.3 is 0 Å². The van der Waals surface area contributed by atoms with Crippen molar-refractivity contribution < 1.29 is 0 Å². The van der Waals surface area contributed by atoms with Crippen LogP contribution in [0.1, 0.15) is 5.69 Å². The van der Waals surface area contributed by atoms with E-state index in [1.807, 2.05) is 28.8 Å². The van der Waals surface area contributed by atoms with Gasteiger partial charge in [-0.05, 0) is 12.1 Å². The van der Waals surface area contributed by atoms with Gasteiger partial charge in [0, 0.05) is 23.8 Å². The highest BCUT2D eigenvalue weighted by molar-refractivity contribution is 7.79. The van der Waals surface area contributed by atoms with Crippen molar-refractivity contribution >= 4 is 18.3 Å². The summed E-state index contributed by atoms with van der Waals surface area (Å²) in [5, 5.41) is 0. The molecule has 56 valence electrons. The Balaban J connectivity index is 2.79. The normalized spacial score (nSPS) is 10.6. The Hall–Kier alpha value is -0.960. The number of imidazole rings is 1. The smallest absolute Gasteiger partial charge is 0.136 e. The molecule has 0 bridgehead atoms. The summed E-state index contributed by atoms with van der Waals surface area (Å²) in [4.78, 5) is 4.16. The second kappa shape index (κ2) is 2.58. The third kappa shape index (κ3) is 1.01. The van der Waals surface area contributed by atoms with Crippen molar-refractivity contribution in [2.24, 2.45) is 0 Å². The minimum absolute atomic E-state index is 0.744. The highest BCUT2D eigenvalue weighted by Gasteiger charge is 1.95. The van der Waals surface area contributed by atoms with Crippen LogP contribution in [0, 0.1) is 0 Å². The van der Waals surface area contributed by atoms with E-state index in [0.29, 0.717) is 0 Å². The van der Waals surface area contributed by atoms with E-state index in [4.69, 9.17) is 0 Å². The van der Waals surface area contributed by atoms with E-state index in [0.717, 1.165) is 11.4 Å². The summed E-state index contributed by atoms with van der Waals surface area (Å²) < 4.78 is 2.03. The van der Waals surface area contributed by atoms with Crippen LogP contribution in [0.5, 0.6) is 0 Å². The van der Waals surface area contributed by atoms with Gasteiger partial charge in [-0.15, -0.1) is 0 Å². The summed E-state index contributed by atoms with van der Waals surface area (Å²) in [7, 11) is 0. The predicted octanol–water partition coefficient (Wildman–Crippen LogP) is 1.76. The second-order valence-corrected chi connectivity index (χ2v) is 2.65. The first-order valence-electron chi connectivity index (χ1n) is 3.43. The van der Waals surface area contributed by atoms with Crippen molar-refractivity contribution in [3.63, 3.8) is 0 Å². The Morgan fingerprint density at radius 3 is 3.18 bits per heavy atom. The summed E-state index contributed by atoms with van der Waals surface area (Å²) in [6, 6.07) is 6.02. The molecule has 0 aliphatic heterocycles. The Bertz CT molecular complexity index is 367. The van der Waals surface area contributed by atoms with Crippen LogP contribution in [0.2, 0.25) is 0 Å². The zero-order chi connectivity index (χ0) is 7.68. The lowest BCUT2D eigenvalue weighted by atomic mass is 10.4. The van der Waals surface area contributed by atoms with Gasteiger partial charge in [-0.1, -0.05) is 6.07 Å². The first-order chi connectivity index (χ1) is 5.42. The molecule has 2 heterocycles. The standard InChI is InChI=1S/C8H8N2S/c11-6-7-2-1-3-8-9-4-5-10(7)8/h1-5,11H,6H2. The Labute approximate surface area is 70.3 Å². The molecule has 2 aromatic heterocycles. The van der Waals surface area contributed by atoms with E-state index < -0.39 is 0 Å². The summed E-state index contributed by atoms with van der Waals surface area (Å²) >= 11 is 4.21. The van der Waals surface area contributed by atoms with Crippen LogP contribution in [0.4, 0.5) is 0 Å². The lowest BCUT2D eigenvalue weighted by Gasteiger charge is -1.99. The fourth-order valence-electron chi connectivity index (χ4n) is 1.14. The molecule has 0 saturated carbocycles. The highest BCUT2D eigenvalue weighted by Crippen LogP contribution is 2.07. The summed E-state index contributed by atoms with van der Waals surface area (Å²) in [5.74, 6) is 0.744. The molecule has 11 heavy (non-hydrogen) atoms. The van der Waals surface area contributed by atoms with E-state index in [1.165, 1.54) is 5.69 Å². The molecular formula is C8H8N2S. The molecule has 0 spiro atoms. The van der Waals surface area contributed by atoms with Gasteiger partial charge in [-0.3, -0.25) is 0 Å². The number of pyridine rings is 1. The number of hydrogen-bond acceptors (Lipinski definition) is 2. The van der Waals surface area contributed by atoms with Crippen LogP contribution in [-0.2, 0) is 5.75 Å². The number of hydrogen-bond donors (Lipinski definition) is 1. The fraction of sp³-hybridized carbons (Fsp3) is 0.125. The number of aromatic nitrogens is 2. The third-order valence-corrected chi connectivity index (χ3v) is 2.00. The van der Waals surface area contributed by atoms with E-state index in [2.05, 4.69) is 17.6 Å². The second-order valence-electron chi connectivity index (χ2n) is 2.33. The van der Waals surface area contributed by atoms with Gasteiger partial charge in [0.15, 0.2) is 0 Å². The van der Waals surface area contributed by atoms with Crippen molar-refractivity contribution in [3.8, 4) is 0 Å². The lowest BCUT2D eigenvalue weighted by molar-refractivity contribution is 1.08. The van der Waals surface area contributed by atoms with Crippen molar-refractivity contribution in [3.05, 3.63) is 36.3 Å². The molecule has 0 N–H and O–H groups in total. The minimum atomic E-state index is 0.744. The molecule has 0 amide bonds. The van der Waals surface area contributed by atoms with Crippen molar-refractivity contribution in [2.75, 3.05) is 0 Å². The first-order valence-corrected chi connectivity index (χ1v) is 4.07. The van der Waals surface area contributed by atoms with Crippen molar-refractivity contribution in [1.29, 1.82) is 0 Å². The van der Waals surface area contributed by atoms with Gasteiger partial charge in [0.2, 0.25) is 0 Å². The third-order valence-electron chi connectivity index (χ3n) is 1.67. The quantitative estimate of drug-likeness (QED) is 0.636. The number of fused-ring (bicyclic) bond motifs is 1. The van der Waals surface area contributed by atoms with Crippen LogP contribution in [-0.4, -0.2) is 9.38 Å². The van der Waals surface area contributed by atoms with E-state index >= 15 is 0 Å². The minimum Gasteiger partial charge on any atom is -0.303 e. The average molecular weight is 164 g/mol. The maximum Gasteiger partial charge on any atom is 0.136 e.